The second-order valence-electron chi connectivity index (χ2n) is 10.2. The lowest BCUT2D eigenvalue weighted by Crippen LogP contribution is -2.55. The van der Waals surface area contributed by atoms with Crippen LogP contribution in [0.3, 0.4) is 0 Å². The van der Waals surface area contributed by atoms with Gasteiger partial charge in [0.1, 0.15) is 17.8 Å². The molecule has 2 aliphatic heterocycles. The number of fused-ring (bicyclic) bond motifs is 11. The molecule has 3 rings (SSSR count). The molecule has 1 aromatic carbocycles. The molecule has 0 radical (unpaired) electrons. The first-order valence-corrected chi connectivity index (χ1v) is 14.1. The van der Waals surface area contributed by atoms with Crippen molar-refractivity contribution in [1.82, 2.24) is 16.1 Å². The fraction of sp³-hybridized carbons (Fsp3) is 0.643. The summed E-state index contributed by atoms with van der Waals surface area (Å²) in [7, 11) is 0. The van der Waals surface area contributed by atoms with Crippen LogP contribution in [0.5, 0.6) is 5.75 Å². The van der Waals surface area contributed by atoms with Gasteiger partial charge in [0.25, 0.3) is 0 Å². The number of amides is 4. The Morgan fingerprint density at radius 2 is 1.85 bits per heavy atom. The minimum Gasteiger partial charge on any atom is -0.494 e. The molecule has 218 valence electrons. The molecule has 0 saturated heterocycles. The molecule has 0 spiro atoms. The van der Waals surface area contributed by atoms with E-state index < -0.39 is 47.5 Å². The monoisotopic (exact) mass is 547 g/mol. The van der Waals surface area contributed by atoms with Gasteiger partial charge in [-0.15, -0.1) is 0 Å². The molecule has 8 N–H and O–H groups in total. The zero-order valence-electron chi connectivity index (χ0n) is 23.0. The van der Waals surface area contributed by atoms with Crippen LogP contribution in [-0.2, 0) is 25.6 Å². The van der Waals surface area contributed by atoms with Crippen molar-refractivity contribution in [2.45, 2.75) is 89.6 Å². The van der Waals surface area contributed by atoms with E-state index in [1.165, 1.54) is 0 Å². The second-order valence-corrected chi connectivity index (χ2v) is 10.2. The van der Waals surface area contributed by atoms with Crippen LogP contribution in [0, 0.1) is 11.8 Å². The summed E-state index contributed by atoms with van der Waals surface area (Å²) >= 11 is 0. The van der Waals surface area contributed by atoms with Gasteiger partial charge in [0.15, 0.2) is 0 Å². The number of primary amides is 1. The van der Waals surface area contributed by atoms with Crippen LogP contribution in [-0.4, -0.2) is 54.1 Å². The highest BCUT2D eigenvalue weighted by atomic mass is 16.5. The first-order valence-electron chi connectivity index (χ1n) is 14.1. The van der Waals surface area contributed by atoms with E-state index in [1.54, 1.807) is 17.6 Å². The molecule has 0 aromatic heterocycles. The third kappa shape index (κ3) is 10.8. The van der Waals surface area contributed by atoms with E-state index in [2.05, 4.69) is 17.6 Å². The molecule has 0 fully saturated rings. The number of benzene rings is 1. The van der Waals surface area contributed by atoms with Crippen molar-refractivity contribution in [1.29, 1.82) is 0 Å². The molecule has 4 atom stereocenters. The topological polar surface area (TPSA) is 186 Å². The molecular weight excluding hydrogens is 502 g/mol. The van der Waals surface area contributed by atoms with Gasteiger partial charge >= 0.3 is 0 Å². The third-order valence-corrected chi connectivity index (χ3v) is 7.17. The molecule has 11 heteroatoms. The van der Waals surface area contributed by atoms with E-state index in [4.69, 9.17) is 16.2 Å². The maximum Gasteiger partial charge on any atom is 0.247 e. The molecule has 11 nitrogen and oxygen atoms in total. The average Bonchev–Trinajstić information content (AvgIpc) is 2.92. The predicted molar refractivity (Wildman–Crippen MR) is 147 cm³/mol. The SMILES string of the molecule is CCCCCC[C@H]1C(=O)N[C@H](C(=O)N[C@@H](CCCCN)C(N)=O)Cc2ccc(cc2)OCCC[C@@H]1C(=O)NO. The molecule has 39 heavy (non-hydrogen) atoms. The number of hydrogen-bond donors (Lipinski definition) is 6. The van der Waals surface area contributed by atoms with Crippen molar-refractivity contribution in [2.24, 2.45) is 23.3 Å². The molecule has 1 aromatic rings. The van der Waals surface area contributed by atoms with Gasteiger partial charge in [-0.25, -0.2) is 5.48 Å². The van der Waals surface area contributed by atoms with Gasteiger partial charge in [-0.2, -0.15) is 0 Å². The molecule has 4 amide bonds. The van der Waals surface area contributed by atoms with E-state index in [0.29, 0.717) is 57.4 Å². The van der Waals surface area contributed by atoms with Crippen molar-refractivity contribution < 1.29 is 29.1 Å². The minimum absolute atomic E-state index is 0.158. The highest BCUT2D eigenvalue weighted by Gasteiger charge is 2.35. The van der Waals surface area contributed by atoms with Crippen molar-refractivity contribution in [3.63, 3.8) is 0 Å². The second kappa shape index (κ2) is 17.4. The largest absolute Gasteiger partial charge is 0.494 e. The number of hydroxylamine groups is 1. The van der Waals surface area contributed by atoms with E-state index in [9.17, 15) is 24.4 Å². The van der Waals surface area contributed by atoms with Crippen LogP contribution in [0.15, 0.2) is 24.3 Å². The molecule has 0 unspecified atom stereocenters. The van der Waals surface area contributed by atoms with Gasteiger partial charge in [0, 0.05) is 12.3 Å². The number of rotatable bonds is 13. The number of unbranched alkanes of at least 4 members (excludes halogenated alkanes) is 4. The van der Waals surface area contributed by atoms with Crippen LogP contribution >= 0.6 is 0 Å². The zero-order chi connectivity index (χ0) is 28.6. The summed E-state index contributed by atoms with van der Waals surface area (Å²) in [5.41, 5.74) is 13.6. The number of carbonyl (C=O) groups excluding carboxylic acids is 4. The summed E-state index contributed by atoms with van der Waals surface area (Å²) in [6.07, 6.45) is 6.66. The Morgan fingerprint density at radius 1 is 1.10 bits per heavy atom. The average molecular weight is 548 g/mol. The lowest BCUT2D eigenvalue weighted by molar-refractivity contribution is -0.142. The Bertz CT molecular complexity index is 926. The number of nitrogens with two attached hydrogens (primary N) is 2. The number of hydrogen-bond acceptors (Lipinski definition) is 7. The molecule has 0 aliphatic carbocycles. The van der Waals surface area contributed by atoms with Crippen LogP contribution < -0.4 is 32.3 Å². The molecule has 2 heterocycles. The predicted octanol–water partition coefficient (Wildman–Crippen LogP) is 1.69. The first-order chi connectivity index (χ1) is 18.8. The van der Waals surface area contributed by atoms with Crippen molar-refractivity contribution >= 4 is 23.6 Å². The van der Waals surface area contributed by atoms with E-state index >= 15 is 0 Å². The van der Waals surface area contributed by atoms with Crippen molar-refractivity contribution in [2.75, 3.05) is 13.2 Å². The van der Waals surface area contributed by atoms with E-state index in [1.807, 2.05) is 12.1 Å². The zero-order valence-corrected chi connectivity index (χ0v) is 23.0. The molecule has 2 aliphatic rings. The highest BCUT2D eigenvalue weighted by molar-refractivity contribution is 5.93. The normalized spacial score (nSPS) is 20.7. The van der Waals surface area contributed by atoms with E-state index in [0.717, 1.165) is 31.2 Å². The molecule has 2 bridgehead atoms. The Balaban J connectivity index is 2.36. The Morgan fingerprint density at radius 3 is 2.49 bits per heavy atom. The summed E-state index contributed by atoms with van der Waals surface area (Å²) in [6, 6.07) is 5.30. The quantitative estimate of drug-likeness (QED) is 0.123. The lowest BCUT2D eigenvalue weighted by atomic mass is 9.82. The third-order valence-electron chi connectivity index (χ3n) is 7.17. The standard InChI is InChI=1S/C28H45N5O6/c1-2-3-4-5-9-21-22(27(36)33-38)10-8-17-39-20-14-12-19(13-15-20)18-24(32-26(21)35)28(37)31-23(25(30)34)11-6-7-16-29/h12-15,21-24,38H,2-11,16-18,29H2,1H3,(H2,30,34)(H,31,37)(H,32,35)(H,33,36)/t21-,22+,23+,24+/m1/s1. The maximum atomic E-state index is 13.7. The summed E-state index contributed by atoms with van der Waals surface area (Å²) in [5.74, 6) is -3.21. The van der Waals surface area contributed by atoms with Gasteiger partial charge in [0.2, 0.25) is 23.6 Å². The lowest BCUT2D eigenvalue weighted by Gasteiger charge is -2.28. The summed E-state index contributed by atoms with van der Waals surface area (Å²) in [6.45, 7) is 2.89. The molecular formula is C28H45N5O6. The number of ether oxygens (including phenoxy) is 1. The summed E-state index contributed by atoms with van der Waals surface area (Å²) in [5, 5.41) is 15.0. The fourth-order valence-corrected chi connectivity index (χ4v) is 4.89. The van der Waals surface area contributed by atoms with E-state index in [-0.39, 0.29) is 6.42 Å². The van der Waals surface area contributed by atoms with Crippen LogP contribution in [0.25, 0.3) is 0 Å². The Kier molecular flexibility index (Phi) is 14.3. The highest BCUT2D eigenvalue weighted by Crippen LogP contribution is 2.26. The van der Waals surface area contributed by atoms with Gasteiger partial charge in [-0.05, 0) is 62.8 Å². The number of carbonyl (C=O) groups is 4. The maximum absolute atomic E-state index is 13.7. The van der Waals surface area contributed by atoms with Gasteiger partial charge in [0.05, 0.1) is 12.5 Å². The van der Waals surface area contributed by atoms with Crippen LogP contribution in [0.2, 0.25) is 0 Å². The van der Waals surface area contributed by atoms with Crippen molar-refractivity contribution in [3.05, 3.63) is 29.8 Å². The smallest absolute Gasteiger partial charge is 0.247 e. The van der Waals surface area contributed by atoms with Crippen LogP contribution in [0.1, 0.15) is 76.7 Å². The summed E-state index contributed by atoms with van der Waals surface area (Å²) in [4.78, 5) is 51.8. The van der Waals surface area contributed by atoms with Gasteiger partial charge in [-0.3, -0.25) is 24.4 Å². The van der Waals surface area contributed by atoms with Gasteiger partial charge < -0.3 is 26.8 Å². The fourth-order valence-electron chi connectivity index (χ4n) is 4.89. The minimum atomic E-state index is -1.01. The first kappa shape index (κ1) is 32.0. The van der Waals surface area contributed by atoms with Crippen molar-refractivity contribution in [3.8, 4) is 5.75 Å². The summed E-state index contributed by atoms with van der Waals surface area (Å²) < 4.78 is 5.81. The number of nitrogens with one attached hydrogen (secondary N) is 3. The Labute approximate surface area is 230 Å². The van der Waals surface area contributed by atoms with Gasteiger partial charge in [-0.1, -0.05) is 44.7 Å². The Hall–Kier alpha value is -3.18. The van der Waals surface area contributed by atoms with Crippen LogP contribution in [0.4, 0.5) is 0 Å². The molecule has 0 saturated carbocycles.